The Balaban J connectivity index is 2.66. The number of methoxy groups -OCH3 is 1. The van der Waals surface area contributed by atoms with Crippen LogP contribution in [0, 0.1) is 5.92 Å². The highest BCUT2D eigenvalue weighted by Gasteiger charge is 2.11. The number of hydrogen-bond donors (Lipinski definition) is 1. The fourth-order valence-electron chi connectivity index (χ4n) is 2.17. The van der Waals surface area contributed by atoms with Crippen molar-refractivity contribution in [2.75, 3.05) is 13.7 Å². The summed E-state index contributed by atoms with van der Waals surface area (Å²) in [6.45, 7) is 6.89. The first-order valence-electron chi connectivity index (χ1n) is 7.61. The monoisotopic (exact) mass is 280 g/mol. The molecule has 1 rings (SSSR count). The first kappa shape index (κ1) is 16.8. The maximum atomic E-state index is 9.59. The molecule has 1 aromatic rings. The van der Waals surface area contributed by atoms with Crippen molar-refractivity contribution in [1.82, 2.24) is 0 Å². The van der Waals surface area contributed by atoms with Gasteiger partial charge in [-0.05, 0) is 37.0 Å². The number of ether oxygens (including phenoxy) is 2. The lowest BCUT2D eigenvalue weighted by Gasteiger charge is -2.18. The molecule has 1 N–H and O–H groups in total. The molecule has 0 aliphatic rings. The third-order valence-electron chi connectivity index (χ3n) is 3.69. The summed E-state index contributed by atoms with van der Waals surface area (Å²) in [4.78, 5) is 0. The molecule has 0 aromatic heterocycles. The van der Waals surface area contributed by atoms with Gasteiger partial charge < -0.3 is 14.6 Å². The van der Waals surface area contributed by atoms with E-state index in [2.05, 4.69) is 13.8 Å². The van der Waals surface area contributed by atoms with Gasteiger partial charge in [-0.25, -0.2) is 0 Å². The van der Waals surface area contributed by atoms with E-state index in [0.717, 1.165) is 24.3 Å². The first-order chi connectivity index (χ1) is 9.62. The lowest BCUT2D eigenvalue weighted by molar-refractivity contribution is 0.197. The van der Waals surface area contributed by atoms with Gasteiger partial charge in [0.1, 0.15) is 0 Å². The van der Waals surface area contributed by atoms with Crippen LogP contribution in [-0.4, -0.2) is 18.8 Å². The van der Waals surface area contributed by atoms with E-state index < -0.39 is 6.10 Å². The molecular weight excluding hydrogens is 252 g/mol. The summed E-state index contributed by atoms with van der Waals surface area (Å²) in [5.74, 6) is 2.04. The van der Waals surface area contributed by atoms with Crippen molar-refractivity contribution < 1.29 is 14.6 Å². The molecule has 114 valence electrons. The first-order valence-corrected chi connectivity index (χ1v) is 7.61. The van der Waals surface area contributed by atoms with Crippen molar-refractivity contribution in [2.24, 2.45) is 5.92 Å². The maximum Gasteiger partial charge on any atom is 0.161 e. The molecule has 1 aromatic carbocycles. The number of benzene rings is 1. The van der Waals surface area contributed by atoms with E-state index in [-0.39, 0.29) is 0 Å². The third kappa shape index (κ3) is 5.04. The average molecular weight is 280 g/mol. The van der Waals surface area contributed by atoms with Crippen molar-refractivity contribution in [1.29, 1.82) is 0 Å². The minimum absolute atomic E-state index is 0.495. The predicted octanol–water partition coefficient (Wildman–Crippen LogP) is 4.34. The van der Waals surface area contributed by atoms with Gasteiger partial charge in [0.25, 0.3) is 0 Å². The Morgan fingerprint density at radius 2 is 1.95 bits per heavy atom. The molecule has 3 heteroatoms. The summed E-state index contributed by atoms with van der Waals surface area (Å²) in [5, 5.41) is 9.59. The van der Waals surface area contributed by atoms with Crippen LogP contribution in [-0.2, 0) is 0 Å². The number of hydrogen-bond acceptors (Lipinski definition) is 3. The topological polar surface area (TPSA) is 38.7 Å². The highest BCUT2D eigenvalue weighted by atomic mass is 16.5. The Morgan fingerprint density at radius 3 is 2.50 bits per heavy atom. The standard InChI is InChI=1S/C17H28O3/c1-5-7-8-14(6-2)12-20-16-10-9-15(13(3)18)11-17(16)19-4/h9-11,13-14,18H,5-8,12H2,1-4H3/t13-,14?/m1/s1. The van der Waals surface area contributed by atoms with Gasteiger partial charge >= 0.3 is 0 Å². The van der Waals surface area contributed by atoms with Crippen molar-refractivity contribution in [3.8, 4) is 11.5 Å². The third-order valence-corrected chi connectivity index (χ3v) is 3.69. The van der Waals surface area contributed by atoms with Crippen molar-refractivity contribution in [3.63, 3.8) is 0 Å². The average Bonchev–Trinajstić information content (AvgIpc) is 2.47. The highest BCUT2D eigenvalue weighted by Crippen LogP contribution is 2.31. The normalized spacial score (nSPS) is 13.8. The van der Waals surface area contributed by atoms with Gasteiger partial charge in [0.2, 0.25) is 0 Å². The van der Waals surface area contributed by atoms with Crippen molar-refractivity contribution >= 4 is 0 Å². The molecule has 0 spiro atoms. The zero-order chi connectivity index (χ0) is 15.0. The largest absolute Gasteiger partial charge is 0.493 e. The quantitative estimate of drug-likeness (QED) is 0.731. The van der Waals surface area contributed by atoms with E-state index in [4.69, 9.17) is 9.47 Å². The van der Waals surface area contributed by atoms with E-state index in [9.17, 15) is 5.11 Å². The zero-order valence-corrected chi connectivity index (χ0v) is 13.2. The van der Waals surface area contributed by atoms with Gasteiger partial charge in [0.05, 0.1) is 19.8 Å². The van der Waals surface area contributed by atoms with Gasteiger partial charge in [0, 0.05) is 0 Å². The van der Waals surface area contributed by atoms with Crippen LogP contribution in [0.1, 0.15) is 58.1 Å². The summed E-state index contributed by atoms with van der Waals surface area (Å²) < 4.78 is 11.3. The van der Waals surface area contributed by atoms with Crippen LogP contribution < -0.4 is 9.47 Å². The molecule has 0 bridgehead atoms. The summed E-state index contributed by atoms with van der Waals surface area (Å²) in [6.07, 6.45) is 4.32. The fourth-order valence-corrected chi connectivity index (χ4v) is 2.17. The lowest BCUT2D eigenvalue weighted by Crippen LogP contribution is -2.12. The Morgan fingerprint density at radius 1 is 1.20 bits per heavy atom. The number of aliphatic hydroxyl groups is 1. The number of rotatable bonds is 9. The molecule has 2 atom stereocenters. The molecule has 0 saturated heterocycles. The lowest BCUT2D eigenvalue weighted by atomic mass is 10.0. The van der Waals surface area contributed by atoms with E-state index in [0.29, 0.717) is 11.7 Å². The van der Waals surface area contributed by atoms with Gasteiger partial charge in [-0.3, -0.25) is 0 Å². The molecule has 0 aliphatic heterocycles. The van der Waals surface area contributed by atoms with Gasteiger partial charge in [-0.2, -0.15) is 0 Å². The van der Waals surface area contributed by atoms with Crippen LogP contribution in [0.25, 0.3) is 0 Å². The second-order valence-electron chi connectivity index (χ2n) is 5.31. The summed E-state index contributed by atoms with van der Waals surface area (Å²) >= 11 is 0. The van der Waals surface area contributed by atoms with E-state index in [1.54, 1.807) is 14.0 Å². The van der Waals surface area contributed by atoms with Crippen molar-refractivity contribution in [2.45, 2.75) is 52.6 Å². The van der Waals surface area contributed by atoms with Crippen LogP contribution in [0.4, 0.5) is 0 Å². The van der Waals surface area contributed by atoms with Gasteiger partial charge in [0.15, 0.2) is 11.5 Å². The van der Waals surface area contributed by atoms with Gasteiger partial charge in [-0.1, -0.05) is 39.2 Å². The molecule has 0 heterocycles. The van der Waals surface area contributed by atoms with Crippen LogP contribution >= 0.6 is 0 Å². The molecule has 3 nitrogen and oxygen atoms in total. The molecule has 0 radical (unpaired) electrons. The predicted molar refractivity (Wildman–Crippen MR) is 82.4 cm³/mol. The minimum atomic E-state index is -0.495. The smallest absolute Gasteiger partial charge is 0.161 e. The van der Waals surface area contributed by atoms with Crippen molar-refractivity contribution in [3.05, 3.63) is 23.8 Å². The molecule has 0 amide bonds. The SMILES string of the molecule is CCCCC(CC)COc1ccc([C@@H](C)O)cc1OC. The highest BCUT2D eigenvalue weighted by molar-refractivity contribution is 5.43. The fraction of sp³-hybridized carbons (Fsp3) is 0.647. The molecule has 20 heavy (non-hydrogen) atoms. The van der Waals surface area contributed by atoms with E-state index in [1.165, 1.54) is 19.3 Å². The molecular formula is C17H28O3. The minimum Gasteiger partial charge on any atom is -0.493 e. The Labute approximate surface area is 122 Å². The van der Waals surface area contributed by atoms with Crippen LogP contribution in [0.3, 0.4) is 0 Å². The summed E-state index contributed by atoms with van der Waals surface area (Å²) in [6, 6.07) is 5.61. The zero-order valence-electron chi connectivity index (χ0n) is 13.2. The van der Waals surface area contributed by atoms with E-state index in [1.807, 2.05) is 18.2 Å². The second kappa shape index (κ2) is 8.85. The Bertz CT molecular complexity index is 388. The summed E-state index contributed by atoms with van der Waals surface area (Å²) in [5.41, 5.74) is 0.840. The molecule has 0 saturated carbocycles. The Hall–Kier alpha value is -1.22. The second-order valence-corrected chi connectivity index (χ2v) is 5.31. The number of unbranched alkanes of at least 4 members (excludes halogenated alkanes) is 1. The van der Waals surface area contributed by atoms with E-state index >= 15 is 0 Å². The summed E-state index contributed by atoms with van der Waals surface area (Å²) in [7, 11) is 1.63. The van der Waals surface area contributed by atoms with Gasteiger partial charge in [-0.15, -0.1) is 0 Å². The van der Waals surface area contributed by atoms with Crippen LogP contribution in [0.15, 0.2) is 18.2 Å². The molecule has 0 fully saturated rings. The molecule has 0 aliphatic carbocycles. The Kier molecular flexibility index (Phi) is 7.45. The maximum absolute atomic E-state index is 9.59. The van der Waals surface area contributed by atoms with Crippen LogP contribution in [0.5, 0.6) is 11.5 Å². The number of aliphatic hydroxyl groups excluding tert-OH is 1. The van der Waals surface area contributed by atoms with Crippen LogP contribution in [0.2, 0.25) is 0 Å². The molecule has 1 unspecified atom stereocenters.